The van der Waals surface area contributed by atoms with Crippen LogP contribution in [0.5, 0.6) is 11.5 Å². The zero-order chi connectivity index (χ0) is 21.9. The van der Waals surface area contributed by atoms with Gasteiger partial charge in [-0.25, -0.2) is 0 Å². The van der Waals surface area contributed by atoms with Crippen molar-refractivity contribution in [1.82, 2.24) is 10.2 Å². The van der Waals surface area contributed by atoms with Crippen molar-refractivity contribution in [3.63, 3.8) is 0 Å². The number of nitrogens with zero attached hydrogens (tertiary/aromatic N) is 2. The Balaban J connectivity index is 1.84. The summed E-state index contributed by atoms with van der Waals surface area (Å²) in [6.07, 6.45) is 0. The fourth-order valence-corrected chi connectivity index (χ4v) is 4.26. The number of anilines is 2. The van der Waals surface area contributed by atoms with Gasteiger partial charge in [0.05, 0.1) is 5.69 Å². The largest absolute Gasteiger partial charge is 0.455 e. The number of para-hydroxylation sites is 1. The third-order valence-corrected chi connectivity index (χ3v) is 6.50. The van der Waals surface area contributed by atoms with E-state index in [1.807, 2.05) is 6.07 Å². The Morgan fingerprint density at radius 1 is 1.10 bits per heavy atom. The van der Waals surface area contributed by atoms with Crippen LogP contribution in [0.4, 0.5) is 10.8 Å². The SMILES string of the molecule is CC(C)(C)C(=O)Nc1nnc(S(=O)(=O)Nc2cc(Cl)ccc2Oc2ccccc2)s1. The van der Waals surface area contributed by atoms with Crippen LogP contribution in [0.1, 0.15) is 20.8 Å². The minimum atomic E-state index is -4.09. The Labute approximate surface area is 183 Å². The fraction of sp³-hybridized carbons (Fsp3) is 0.211. The molecule has 1 amide bonds. The number of hydrogen-bond acceptors (Lipinski definition) is 7. The summed E-state index contributed by atoms with van der Waals surface area (Å²) in [6, 6.07) is 13.5. The molecule has 0 aliphatic carbocycles. The highest BCUT2D eigenvalue weighted by molar-refractivity contribution is 7.94. The number of aromatic nitrogens is 2. The van der Waals surface area contributed by atoms with E-state index in [0.29, 0.717) is 10.8 Å². The number of halogens is 1. The molecule has 8 nitrogen and oxygen atoms in total. The molecule has 0 bridgehead atoms. The molecule has 0 saturated carbocycles. The van der Waals surface area contributed by atoms with Gasteiger partial charge in [0.2, 0.25) is 11.0 Å². The van der Waals surface area contributed by atoms with Crippen LogP contribution in [0, 0.1) is 5.41 Å². The molecule has 0 atom stereocenters. The molecule has 1 aromatic heterocycles. The van der Waals surface area contributed by atoms with Crippen LogP contribution in [0.3, 0.4) is 0 Å². The Hall–Kier alpha value is -2.69. The van der Waals surface area contributed by atoms with Gasteiger partial charge in [0.25, 0.3) is 14.4 Å². The predicted octanol–water partition coefficient (Wildman–Crippen LogP) is 4.77. The number of benzene rings is 2. The smallest absolute Gasteiger partial charge is 0.291 e. The van der Waals surface area contributed by atoms with Crippen LogP contribution in [0.25, 0.3) is 0 Å². The van der Waals surface area contributed by atoms with E-state index in [9.17, 15) is 13.2 Å². The van der Waals surface area contributed by atoms with Gasteiger partial charge in [-0.15, -0.1) is 10.2 Å². The number of carbonyl (C=O) groups excluding carboxylic acids is 1. The first-order valence-corrected chi connectivity index (χ1v) is 11.4. The molecule has 3 rings (SSSR count). The van der Waals surface area contributed by atoms with Crippen LogP contribution in [0.15, 0.2) is 52.9 Å². The molecular formula is C19H19ClN4O4S2. The summed E-state index contributed by atoms with van der Waals surface area (Å²) in [4.78, 5) is 12.1. The van der Waals surface area contributed by atoms with E-state index in [4.69, 9.17) is 16.3 Å². The van der Waals surface area contributed by atoms with E-state index in [2.05, 4.69) is 20.2 Å². The van der Waals surface area contributed by atoms with Crippen LogP contribution < -0.4 is 14.8 Å². The van der Waals surface area contributed by atoms with Crippen LogP contribution in [-0.2, 0) is 14.8 Å². The van der Waals surface area contributed by atoms with Gasteiger partial charge in [-0.05, 0) is 30.3 Å². The highest BCUT2D eigenvalue weighted by Gasteiger charge is 2.26. The van der Waals surface area contributed by atoms with Crippen molar-refractivity contribution >= 4 is 49.7 Å². The van der Waals surface area contributed by atoms with Crippen molar-refractivity contribution in [1.29, 1.82) is 0 Å². The minimum absolute atomic E-state index is 0.0853. The highest BCUT2D eigenvalue weighted by atomic mass is 35.5. The van der Waals surface area contributed by atoms with Gasteiger partial charge in [-0.3, -0.25) is 9.52 Å². The molecule has 0 fully saturated rings. The molecule has 1 heterocycles. The zero-order valence-corrected chi connectivity index (χ0v) is 18.7. The Bertz CT molecular complexity index is 1160. The number of rotatable bonds is 6. The van der Waals surface area contributed by atoms with Crippen molar-refractivity contribution in [3.05, 3.63) is 53.6 Å². The third kappa shape index (κ3) is 5.47. The maximum Gasteiger partial charge on any atom is 0.291 e. The lowest BCUT2D eigenvalue weighted by Gasteiger charge is -2.15. The number of amides is 1. The number of sulfonamides is 1. The van der Waals surface area contributed by atoms with E-state index in [-0.39, 0.29) is 26.8 Å². The van der Waals surface area contributed by atoms with Crippen LogP contribution in [0.2, 0.25) is 5.02 Å². The van der Waals surface area contributed by atoms with Gasteiger partial charge >= 0.3 is 0 Å². The highest BCUT2D eigenvalue weighted by Crippen LogP contribution is 2.34. The quantitative estimate of drug-likeness (QED) is 0.506. The molecule has 2 aromatic carbocycles. The summed E-state index contributed by atoms with van der Waals surface area (Å²) in [6.45, 7) is 5.20. The van der Waals surface area contributed by atoms with Crippen LogP contribution in [-0.4, -0.2) is 24.5 Å². The average Bonchev–Trinajstić information content (AvgIpc) is 3.13. The number of carbonyl (C=O) groups is 1. The monoisotopic (exact) mass is 466 g/mol. The summed E-state index contributed by atoms with van der Waals surface area (Å²) < 4.78 is 33.5. The fourth-order valence-electron chi connectivity index (χ4n) is 2.13. The minimum Gasteiger partial charge on any atom is -0.455 e. The molecule has 0 radical (unpaired) electrons. The standard InChI is InChI=1S/C19H19ClN4O4S2/c1-19(2,3)16(25)21-17-22-23-18(29-17)30(26,27)24-14-11-12(20)9-10-15(14)28-13-7-5-4-6-8-13/h4-11,24H,1-3H3,(H,21,22,25). The number of hydrogen-bond donors (Lipinski definition) is 2. The van der Waals surface area contributed by atoms with Gasteiger partial charge in [-0.2, -0.15) is 8.42 Å². The normalized spacial score (nSPS) is 11.7. The second-order valence-corrected chi connectivity index (χ2v) is 10.5. The molecule has 0 unspecified atom stereocenters. The molecular weight excluding hydrogens is 448 g/mol. The van der Waals surface area contributed by atoms with Gasteiger partial charge < -0.3 is 10.1 Å². The van der Waals surface area contributed by atoms with Gasteiger partial charge in [-0.1, -0.05) is 61.9 Å². The van der Waals surface area contributed by atoms with Gasteiger partial charge in [0.15, 0.2) is 5.75 Å². The van der Waals surface area contributed by atoms with E-state index < -0.39 is 15.4 Å². The summed E-state index contributed by atoms with van der Waals surface area (Å²) in [7, 11) is -4.09. The van der Waals surface area contributed by atoms with Crippen molar-refractivity contribution in [3.8, 4) is 11.5 Å². The van der Waals surface area contributed by atoms with Crippen molar-refractivity contribution in [2.75, 3.05) is 10.0 Å². The third-order valence-electron chi connectivity index (χ3n) is 3.69. The maximum absolute atomic E-state index is 12.8. The summed E-state index contributed by atoms with van der Waals surface area (Å²) in [5.74, 6) is 0.493. The number of ether oxygens (including phenoxy) is 1. The lowest BCUT2D eigenvalue weighted by Crippen LogP contribution is -2.27. The molecule has 0 saturated heterocycles. The summed E-state index contributed by atoms with van der Waals surface area (Å²) in [5.41, 5.74) is -0.519. The molecule has 158 valence electrons. The van der Waals surface area contributed by atoms with Gasteiger partial charge in [0.1, 0.15) is 5.75 Å². The lowest BCUT2D eigenvalue weighted by molar-refractivity contribution is -0.123. The van der Waals surface area contributed by atoms with E-state index in [1.165, 1.54) is 6.07 Å². The van der Waals surface area contributed by atoms with Crippen LogP contribution >= 0.6 is 22.9 Å². The Kier molecular flexibility index (Phi) is 6.30. The van der Waals surface area contributed by atoms with E-state index >= 15 is 0 Å². The predicted molar refractivity (Wildman–Crippen MR) is 117 cm³/mol. The maximum atomic E-state index is 12.8. The Morgan fingerprint density at radius 2 is 1.80 bits per heavy atom. The van der Waals surface area contributed by atoms with Gasteiger partial charge in [0, 0.05) is 10.4 Å². The molecule has 30 heavy (non-hydrogen) atoms. The molecule has 11 heteroatoms. The lowest BCUT2D eigenvalue weighted by atomic mass is 9.96. The zero-order valence-electron chi connectivity index (χ0n) is 16.3. The van der Waals surface area contributed by atoms with E-state index in [1.54, 1.807) is 57.2 Å². The van der Waals surface area contributed by atoms with Crippen molar-refractivity contribution in [2.24, 2.45) is 5.41 Å². The second kappa shape index (κ2) is 8.58. The first-order valence-electron chi connectivity index (χ1n) is 8.75. The average molecular weight is 467 g/mol. The van der Waals surface area contributed by atoms with Crippen molar-refractivity contribution < 1.29 is 17.9 Å². The molecule has 0 spiro atoms. The first kappa shape index (κ1) is 22.0. The molecule has 0 aliphatic heterocycles. The van der Waals surface area contributed by atoms with E-state index in [0.717, 1.165) is 11.3 Å². The number of nitrogens with one attached hydrogen (secondary N) is 2. The molecule has 0 aliphatic rings. The summed E-state index contributed by atoms with van der Waals surface area (Å²) >= 11 is 6.77. The first-order chi connectivity index (χ1) is 14.0. The van der Waals surface area contributed by atoms with Crippen molar-refractivity contribution in [2.45, 2.75) is 25.1 Å². The molecule has 2 N–H and O–H groups in total. The molecule has 3 aromatic rings. The topological polar surface area (TPSA) is 110 Å². The second-order valence-electron chi connectivity index (χ2n) is 7.24. The Morgan fingerprint density at radius 3 is 2.47 bits per heavy atom. The summed E-state index contributed by atoms with van der Waals surface area (Å²) in [5, 5.41) is 10.4.